The van der Waals surface area contributed by atoms with E-state index in [4.69, 9.17) is 11.6 Å². The number of aliphatic carboxylic acids is 1. The zero-order chi connectivity index (χ0) is 27.9. The SMILES string of the molecule is O=C(O)C1CCN(c2cc(Cl)ccc2CN2CC3(CCN(C(=O)OC(C(F)(F)F)C(F)(F)F)CC3)C2)CC1. The summed E-state index contributed by atoms with van der Waals surface area (Å²) in [5.41, 5.74) is 1.81. The van der Waals surface area contributed by atoms with Crippen molar-refractivity contribution in [3.8, 4) is 0 Å². The van der Waals surface area contributed by atoms with Gasteiger partial charge in [-0.05, 0) is 48.8 Å². The van der Waals surface area contributed by atoms with Crippen LogP contribution in [0.4, 0.5) is 36.8 Å². The molecular formula is C24H28ClF6N3O4. The molecule has 0 radical (unpaired) electrons. The van der Waals surface area contributed by atoms with Crippen molar-refractivity contribution in [2.24, 2.45) is 11.3 Å². The lowest BCUT2D eigenvalue weighted by Crippen LogP contribution is -2.60. The van der Waals surface area contributed by atoms with Gasteiger partial charge in [0.25, 0.3) is 6.10 Å². The summed E-state index contributed by atoms with van der Waals surface area (Å²) >= 11 is 6.24. The second kappa shape index (κ2) is 10.6. The van der Waals surface area contributed by atoms with Crippen LogP contribution in [0.3, 0.4) is 0 Å². The molecule has 3 heterocycles. The van der Waals surface area contributed by atoms with Crippen molar-refractivity contribution in [2.45, 2.75) is 50.7 Å². The number of carbonyl (C=O) groups is 2. The number of carboxylic acid groups (broad SMARTS) is 1. The third-order valence-corrected chi connectivity index (χ3v) is 7.87. The highest BCUT2D eigenvalue weighted by Gasteiger charge is 2.60. The lowest BCUT2D eigenvalue weighted by Gasteiger charge is -2.54. The number of halogens is 7. The summed E-state index contributed by atoms with van der Waals surface area (Å²) in [5.74, 6) is -1.15. The molecule has 1 amide bonds. The topological polar surface area (TPSA) is 73.3 Å². The maximum atomic E-state index is 12.7. The Morgan fingerprint density at radius 1 is 1.03 bits per heavy atom. The van der Waals surface area contributed by atoms with E-state index in [1.807, 2.05) is 12.1 Å². The second-order valence-corrected chi connectivity index (χ2v) is 10.8. The van der Waals surface area contributed by atoms with Gasteiger partial charge in [0.1, 0.15) is 0 Å². The van der Waals surface area contributed by atoms with Crippen LogP contribution in [-0.2, 0) is 16.1 Å². The molecule has 0 aromatic heterocycles. The Labute approximate surface area is 220 Å². The first-order chi connectivity index (χ1) is 17.7. The number of carboxylic acids is 1. The molecule has 38 heavy (non-hydrogen) atoms. The maximum Gasteiger partial charge on any atom is 0.434 e. The molecule has 1 N–H and O–H groups in total. The standard InChI is InChI=1S/C24H28ClF6N3O4/c25-17-2-1-16(18(11-17)33-7-3-15(4-8-33)19(35)36)12-32-13-22(14-32)5-9-34(10-6-22)21(37)38-20(23(26,27)28)24(29,30)31/h1-2,11,15,20H,3-10,12-14H2,(H,35,36). The van der Waals surface area contributed by atoms with Crippen LogP contribution >= 0.6 is 11.6 Å². The molecule has 7 nitrogen and oxygen atoms in total. The fourth-order valence-corrected chi connectivity index (χ4v) is 5.73. The third kappa shape index (κ3) is 6.41. The van der Waals surface area contributed by atoms with Crippen LogP contribution in [0.5, 0.6) is 0 Å². The summed E-state index contributed by atoms with van der Waals surface area (Å²) in [7, 11) is 0. The highest BCUT2D eigenvalue weighted by atomic mass is 35.5. The number of nitrogens with zero attached hydrogens (tertiary/aromatic N) is 3. The molecule has 3 fully saturated rings. The van der Waals surface area contributed by atoms with Crippen LogP contribution in [0, 0.1) is 11.3 Å². The maximum absolute atomic E-state index is 12.7. The van der Waals surface area contributed by atoms with Crippen LogP contribution in [0.15, 0.2) is 18.2 Å². The number of piperidine rings is 2. The third-order valence-electron chi connectivity index (χ3n) is 7.64. The zero-order valence-corrected chi connectivity index (χ0v) is 21.1. The van der Waals surface area contributed by atoms with Gasteiger partial charge in [-0.1, -0.05) is 17.7 Å². The van der Waals surface area contributed by atoms with Gasteiger partial charge in [-0.25, -0.2) is 4.79 Å². The van der Waals surface area contributed by atoms with Crippen LogP contribution in [0.25, 0.3) is 0 Å². The minimum atomic E-state index is -5.74. The number of hydrogen-bond acceptors (Lipinski definition) is 5. The van der Waals surface area contributed by atoms with E-state index in [2.05, 4.69) is 14.5 Å². The molecule has 14 heteroatoms. The highest BCUT2D eigenvalue weighted by Crippen LogP contribution is 2.43. The van der Waals surface area contributed by atoms with E-state index in [-0.39, 0.29) is 24.4 Å². The predicted molar refractivity (Wildman–Crippen MR) is 125 cm³/mol. The normalized spacial score (nSPS) is 21.1. The first-order valence-corrected chi connectivity index (χ1v) is 12.6. The van der Waals surface area contributed by atoms with E-state index < -0.39 is 30.5 Å². The molecule has 3 aliphatic rings. The summed E-state index contributed by atoms with van der Waals surface area (Å²) in [6, 6.07) is 5.59. The summed E-state index contributed by atoms with van der Waals surface area (Å²) in [5, 5.41) is 9.83. The van der Waals surface area contributed by atoms with Gasteiger partial charge in [-0.2, -0.15) is 26.3 Å². The monoisotopic (exact) mass is 571 g/mol. The Balaban J connectivity index is 1.30. The van der Waals surface area contributed by atoms with E-state index in [0.29, 0.717) is 63.4 Å². The molecule has 3 saturated heterocycles. The van der Waals surface area contributed by atoms with Gasteiger partial charge in [0.2, 0.25) is 0 Å². The second-order valence-electron chi connectivity index (χ2n) is 10.4. The fraction of sp³-hybridized carbons (Fsp3) is 0.667. The lowest BCUT2D eigenvalue weighted by molar-refractivity contribution is -0.308. The molecule has 0 atom stereocenters. The summed E-state index contributed by atoms with van der Waals surface area (Å²) in [4.78, 5) is 28.5. The van der Waals surface area contributed by atoms with Gasteiger partial charge in [-0.15, -0.1) is 0 Å². The summed E-state index contributed by atoms with van der Waals surface area (Å²) in [6.07, 6.45) is -15.3. The lowest BCUT2D eigenvalue weighted by atomic mass is 9.72. The first kappa shape index (κ1) is 28.6. The van der Waals surface area contributed by atoms with Crippen molar-refractivity contribution in [1.82, 2.24) is 9.80 Å². The van der Waals surface area contributed by atoms with Crippen molar-refractivity contribution < 1.29 is 45.8 Å². The molecular weight excluding hydrogens is 544 g/mol. The van der Waals surface area contributed by atoms with Crippen LogP contribution in [0.1, 0.15) is 31.2 Å². The Kier molecular flexibility index (Phi) is 8.00. The number of hydrogen-bond donors (Lipinski definition) is 1. The largest absolute Gasteiger partial charge is 0.481 e. The minimum absolute atomic E-state index is 0.0137. The number of rotatable bonds is 5. The van der Waals surface area contributed by atoms with Gasteiger partial charge < -0.3 is 19.6 Å². The number of amides is 1. The number of ether oxygens (including phenoxy) is 1. The number of likely N-dealkylation sites (tertiary alicyclic amines) is 2. The number of alkyl halides is 6. The first-order valence-electron chi connectivity index (χ1n) is 12.2. The van der Waals surface area contributed by atoms with E-state index in [9.17, 15) is 41.0 Å². The van der Waals surface area contributed by atoms with Gasteiger partial charge in [0.05, 0.1) is 5.92 Å². The molecule has 4 rings (SSSR count). The molecule has 0 bridgehead atoms. The van der Waals surface area contributed by atoms with Crippen LogP contribution in [0.2, 0.25) is 5.02 Å². The van der Waals surface area contributed by atoms with Crippen molar-refractivity contribution in [3.63, 3.8) is 0 Å². The average molecular weight is 572 g/mol. The molecule has 1 aromatic rings. The number of benzene rings is 1. The van der Waals surface area contributed by atoms with E-state index in [1.54, 1.807) is 6.07 Å². The summed E-state index contributed by atoms with van der Waals surface area (Å²) < 4.78 is 80.1. The van der Waals surface area contributed by atoms with E-state index in [1.165, 1.54) is 0 Å². The van der Waals surface area contributed by atoms with Crippen molar-refractivity contribution in [1.29, 1.82) is 0 Å². The molecule has 1 spiro atoms. The molecule has 0 unspecified atom stereocenters. The Hall–Kier alpha value is -2.41. The van der Waals surface area contributed by atoms with Crippen LogP contribution < -0.4 is 4.90 Å². The Bertz CT molecular complexity index is 1010. The van der Waals surface area contributed by atoms with Gasteiger partial charge >= 0.3 is 24.4 Å². The fourth-order valence-electron chi connectivity index (χ4n) is 5.56. The number of carbonyl (C=O) groups excluding carboxylic acids is 1. The average Bonchev–Trinajstić information content (AvgIpc) is 2.81. The van der Waals surface area contributed by atoms with Crippen molar-refractivity contribution in [2.75, 3.05) is 44.2 Å². The molecule has 3 aliphatic heterocycles. The Morgan fingerprint density at radius 2 is 1.61 bits per heavy atom. The van der Waals surface area contributed by atoms with Crippen molar-refractivity contribution in [3.05, 3.63) is 28.8 Å². The zero-order valence-electron chi connectivity index (χ0n) is 20.3. The Morgan fingerprint density at radius 3 is 2.13 bits per heavy atom. The number of anilines is 1. The molecule has 1 aromatic carbocycles. The smallest absolute Gasteiger partial charge is 0.434 e. The quantitative estimate of drug-likeness (QED) is 0.492. The van der Waals surface area contributed by atoms with E-state index >= 15 is 0 Å². The van der Waals surface area contributed by atoms with Gasteiger partial charge in [0, 0.05) is 56.5 Å². The molecule has 0 aliphatic carbocycles. The van der Waals surface area contributed by atoms with E-state index in [0.717, 1.165) is 16.2 Å². The highest BCUT2D eigenvalue weighted by molar-refractivity contribution is 6.30. The van der Waals surface area contributed by atoms with Crippen LogP contribution in [-0.4, -0.2) is 84.7 Å². The van der Waals surface area contributed by atoms with Gasteiger partial charge in [0.15, 0.2) is 0 Å². The van der Waals surface area contributed by atoms with Crippen molar-refractivity contribution >= 4 is 29.4 Å². The molecule has 0 saturated carbocycles. The molecule has 212 valence electrons. The minimum Gasteiger partial charge on any atom is -0.481 e. The summed E-state index contributed by atoms with van der Waals surface area (Å²) in [6.45, 7) is 3.18. The predicted octanol–water partition coefficient (Wildman–Crippen LogP) is 5.17. The van der Waals surface area contributed by atoms with Gasteiger partial charge in [-0.3, -0.25) is 9.69 Å².